The number of rotatable bonds is 2. The van der Waals surface area contributed by atoms with Crippen molar-refractivity contribution in [2.75, 3.05) is 0 Å². The van der Waals surface area contributed by atoms with Gasteiger partial charge < -0.3 is 10.8 Å². The largest absolute Gasteiger partial charge is 0.416 e. The summed E-state index contributed by atoms with van der Waals surface area (Å²) in [5.74, 6) is 0. The second-order valence-electron chi connectivity index (χ2n) is 3.84. The normalized spacial score (nSPS) is 15.9. The summed E-state index contributed by atoms with van der Waals surface area (Å²) < 4.78 is 38.1. The molecule has 0 radical (unpaired) electrons. The summed E-state index contributed by atoms with van der Waals surface area (Å²) >= 11 is 0. The third-order valence-corrected chi connectivity index (χ3v) is 2.42. The average Bonchev–Trinajstić information content (AvgIpc) is 2.14. The molecule has 3 N–H and O–H groups in total. The lowest BCUT2D eigenvalue weighted by Crippen LogP contribution is -2.27. The van der Waals surface area contributed by atoms with Crippen LogP contribution in [0.1, 0.15) is 29.7 Å². The minimum Gasteiger partial charge on any atom is -0.387 e. The Morgan fingerprint density at radius 3 is 2.31 bits per heavy atom. The Bertz CT molecular complexity index is 374. The van der Waals surface area contributed by atoms with Crippen molar-refractivity contribution < 1.29 is 18.3 Å². The Hall–Kier alpha value is -1.07. The molecule has 0 spiro atoms. The van der Waals surface area contributed by atoms with Gasteiger partial charge in [-0.3, -0.25) is 0 Å². The molecular formula is C11H14F3NO. The first-order valence-corrected chi connectivity index (χ1v) is 4.85. The first-order valence-electron chi connectivity index (χ1n) is 4.85. The fourth-order valence-electron chi connectivity index (χ4n) is 1.58. The van der Waals surface area contributed by atoms with E-state index in [1.165, 1.54) is 26.0 Å². The summed E-state index contributed by atoms with van der Waals surface area (Å²) in [5.41, 5.74) is 4.86. The molecule has 0 bridgehead atoms. The molecule has 90 valence electrons. The molecule has 5 heteroatoms. The van der Waals surface area contributed by atoms with E-state index < -0.39 is 23.9 Å². The van der Waals surface area contributed by atoms with Gasteiger partial charge in [0.2, 0.25) is 0 Å². The Morgan fingerprint density at radius 1 is 1.31 bits per heavy atom. The van der Waals surface area contributed by atoms with E-state index in [9.17, 15) is 18.3 Å². The predicted molar refractivity (Wildman–Crippen MR) is 54.8 cm³/mol. The number of nitrogens with two attached hydrogens (primary N) is 1. The van der Waals surface area contributed by atoms with Crippen LogP contribution in [0, 0.1) is 6.92 Å². The number of hydrogen-bond donors (Lipinski definition) is 2. The van der Waals surface area contributed by atoms with Crippen molar-refractivity contribution in [1.29, 1.82) is 0 Å². The van der Waals surface area contributed by atoms with Crippen LogP contribution < -0.4 is 5.73 Å². The van der Waals surface area contributed by atoms with E-state index in [0.29, 0.717) is 5.56 Å². The zero-order valence-corrected chi connectivity index (χ0v) is 9.05. The van der Waals surface area contributed by atoms with E-state index in [1.54, 1.807) is 0 Å². The van der Waals surface area contributed by atoms with Crippen molar-refractivity contribution in [3.05, 3.63) is 34.9 Å². The van der Waals surface area contributed by atoms with Crippen LogP contribution in [0.4, 0.5) is 13.2 Å². The molecule has 0 aliphatic carbocycles. The number of hydrogen-bond acceptors (Lipinski definition) is 2. The lowest BCUT2D eigenvalue weighted by atomic mass is 9.93. The lowest BCUT2D eigenvalue weighted by molar-refractivity contribution is -0.139. The minimum atomic E-state index is -4.47. The van der Waals surface area contributed by atoms with E-state index in [4.69, 9.17) is 5.73 Å². The predicted octanol–water partition coefficient (Wildman–Crippen LogP) is 2.39. The third-order valence-electron chi connectivity index (χ3n) is 2.42. The standard InChI is InChI=1S/C11H14F3NO/c1-6-4-3-5-8(11(12,13)14)9(6)10(16)7(2)15/h3-5,7,10,16H,15H2,1-2H3/t7-,10-/m0/s1. The summed E-state index contributed by atoms with van der Waals surface area (Å²) in [6.45, 7) is 2.99. The number of aliphatic hydroxyl groups excluding tert-OH is 1. The topological polar surface area (TPSA) is 46.2 Å². The summed E-state index contributed by atoms with van der Waals surface area (Å²) in [7, 11) is 0. The van der Waals surface area contributed by atoms with E-state index in [-0.39, 0.29) is 5.56 Å². The van der Waals surface area contributed by atoms with Crippen LogP contribution in [0.5, 0.6) is 0 Å². The van der Waals surface area contributed by atoms with Gasteiger partial charge >= 0.3 is 6.18 Å². The van der Waals surface area contributed by atoms with Crippen LogP contribution in [-0.4, -0.2) is 11.1 Å². The minimum absolute atomic E-state index is 0.134. The van der Waals surface area contributed by atoms with Crippen LogP contribution in [0.2, 0.25) is 0 Å². The van der Waals surface area contributed by atoms with Crippen LogP contribution >= 0.6 is 0 Å². The Labute approximate surface area is 91.9 Å². The fourth-order valence-corrected chi connectivity index (χ4v) is 1.58. The molecule has 0 heterocycles. The second-order valence-corrected chi connectivity index (χ2v) is 3.84. The summed E-state index contributed by atoms with van der Waals surface area (Å²) in [5, 5.41) is 9.70. The van der Waals surface area contributed by atoms with Crippen LogP contribution in [-0.2, 0) is 6.18 Å². The Kier molecular flexibility index (Phi) is 3.60. The van der Waals surface area contributed by atoms with E-state index >= 15 is 0 Å². The van der Waals surface area contributed by atoms with Crippen molar-refractivity contribution in [2.24, 2.45) is 5.73 Å². The Morgan fingerprint density at radius 2 is 1.88 bits per heavy atom. The third kappa shape index (κ3) is 2.54. The van der Waals surface area contributed by atoms with E-state index in [2.05, 4.69) is 0 Å². The van der Waals surface area contributed by atoms with Crippen molar-refractivity contribution in [2.45, 2.75) is 32.2 Å². The van der Waals surface area contributed by atoms with Gasteiger partial charge in [0.1, 0.15) is 0 Å². The van der Waals surface area contributed by atoms with E-state index in [0.717, 1.165) is 6.07 Å². The molecule has 0 unspecified atom stereocenters. The maximum absolute atomic E-state index is 12.7. The van der Waals surface area contributed by atoms with Crippen molar-refractivity contribution in [1.82, 2.24) is 0 Å². The van der Waals surface area contributed by atoms with Crippen molar-refractivity contribution in [3.63, 3.8) is 0 Å². The molecule has 1 rings (SSSR count). The second kappa shape index (κ2) is 4.43. The molecule has 2 atom stereocenters. The van der Waals surface area contributed by atoms with E-state index in [1.807, 2.05) is 0 Å². The van der Waals surface area contributed by atoms with Gasteiger partial charge in [-0.15, -0.1) is 0 Å². The molecule has 0 saturated heterocycles. The SMILES string of the molecule is Cc1cccc(C(F)(F)F)c1[C@@H](O)[C@H](C)N. The molecule has 1 aromatic carbocycles. The first-order chi connectivity index (χ1) is 7.25. The maximum Gasteiger partial charge on any atom is 0.416 e. The first kappa shape index (κ1) is 13.0. The van der Waals surface area contributed by atoms with Gasteiger partial charge in [-0.1, -0.05) is 12.1 Å². The number of halogens is 3. The van der Waals surface area contributed by atoms with Gasteiger partial charge in [0.05, 0.1) is 11.7 Å². The molecule has 0 aliphatic rings. The van der Waals surface area contributed by atoms with Crippen LogP contribution in [0.3, 0.4) is 0 Å². The monoisotopic (exact) mass is 233 g/mol. The maximum atomic E-state index is 12.7. The van der Waals surface area contributed by atoms with Gasteiger partial charge in [0.25, 0.3) is 0 Å². The van der Waals surface area contributed by atoms with Gasteiger partial charge in [0, 0.05) is 6.04 Å². The highest BCUT2D eigenvalue weighted by atomic mass is 19.4. The molecule has 0 amide bonds. The number of benzene rings is 1. The molecule has 0 fully saturated rings. The number of aliphatic hydroxyl groups is 1. The zero-order valence-electron chi connectivity index (χ0n) is 9.05. The van der Waals surface area contributed by atoms with Gasteiger partial charge in [0.15, 0.2) is 0 Å². The molecule has 0 aliphatic heterocycles. The summed E-state index contributed by atoms with van der Waals surface area (Å²) in [6.07, 6.45) is -5.78. The molecule has 0 aromatic heterocycles. The molecule has 16 heavy (non-hydrogen) atoms. The quantitative estimate of drug-likeness (QED) is 0.823. The summed E-state index contributed by atoms with van der Waals surface area (Å²) in [6, 6.07) is 3.04. The smallest absolute Gasteiger partial charge is 0.387 e. The molecule has 1 aromatic rings. The molecule has 2 nitrogen and oxygen atoms in total. The lowest BCUT2D eigenvalue weighted by Gasteiger charge is -2.22. The molecular weight excluding hydrogens is 219 g/mol. The van der Waals surface area contributed by atoms with Crippen LogP contribution in [0.25, 0.3) is 0 Å². The van der Waals surface area contributed by atoms with Crippen molar-refractivity contribution >= 4 is 0 Å². The summed E-state index contributed by atoms with van der Waals surface area (Å²) in [4.78, 5) is 0. The number of aryl methyl sites for hydroxylation is 1. The van der Waals surface area contributed by atoms with Crippen molar-refractivity contribution in [3.8, 4) is 0 Å². The zero-order chi connectivity index (χ0) is 12.5. The van der Waals surface area contributed by atoms with Gasteiger partial charge in [-0.05, 0) is 31.0 Å². The van der Waals surface area contributed by atoms with Gasteiger partial charge in [-0.2, -0.15) is 13.2 Å². The average molecular weight is 233 g/mol. The Balaban J connectivity index is 3.35. The van der Waals surface area contributed by atoms with Gasteiger partial charge in [-0.25, -0.2) is 0 Å². The van der Waals surface area contributed by atoms with Crippen LogP contribution in [0.15, 0.2) is 18.2 Å². The molecule has 0 saturated carbocycles. The highest BCUT2D eigenvalue weighted by molar-refractivity contribution is 5.38. The number of alkyl halides is 3. The fraction of sp³-hybridized carbons (Fsp3) is 0.455. The highest BCUT2D eigenvalue weighted by Gasteiger charge is 2.36. The highest BCUT2D eigenvalue weighted by Crippen LogP contribution is 2.36.